The number of benzene rings is 1. The molecule has 1 saturated carbocycles. The number of hydrogen-bond donors (Lipinski definition) is 0. The van der Waals surface area contributed by atoms with E-state index in [0.29, 0.717) is 25.6 Å². The SMILES string of the molecule is CC.CCOC(=O)c1cc(CCC2(c3ccccc3)CCC3(CC2)OCCO3)on1. The smallest absolute Gasteiger partial charge is 0.360 e. The van der Waals surface area contributed by atoms with Crippen molar-refractivity contribution in [2.75, 3.05) is 19.8 Å². The second kappa shape index (κ2) is 10.2. The first kappa shape index (κ1) is 22.5. The fourth-order valence-corrected chi connectivity index (χ4v) is 4.46. The van der Waals surface area contributed by atoms with Gasteiger partial charge in [0, 0.05) is 25.3 Å². The fourth-order valence-electron chi connectivity index (χ4n) is 4.46. The number of ether oxygens (including phenoxy) is 3. The van der Waals surface area contributed by atoms with Crippen molar-refractivity contribution in [3.05, 3.63) is 53.4 Å². The molecule has 1 aliphatic heterocycles. The van der Waals surface area contributed by atoms with Gasteiger partial charge in [0.25, 0.3) is 0 Å². The van der Waals surface area contributed by atoms with Crippen LogP contribution in [0.25, 0.3) is 0 Å². The number of rotatable bonds is 6. The summed E-state index contributed by atoms with van der Waals surface area (Å²) in [6, 6.07) is 12.4. The van der Waals surface area contributed by atoms with Gasteiger partial charge in [-0.3, -0.25) is 0 Å². The van der Waals surface area contributed by atoms with E-state index in [1.165, 1.54) is 5.56 Å². The van der Waals surface area contributed by atoms with E-state index in [0.717, 1.165) is 38.5 Å². The molecule has 1 aromatic heterocycles. The molecule has 0 radical (unpaired) electrons. The molecule has 1 aliphatic carbocycles. The first-order valence-electron chi connectivity index (χ1n) is 11.1. The van der Waals surface area contributed by atoms with Gasteiger partial charge in [0.05, 0.1) is 19.8 Å². The molecule has 0 N–H and O–H groups in total. The number of nitrogens with zero attached hydrogens (tertiary/aromatic N) is 1. The van der Waals surface area contributed by atoms with Crippen molar-refractivity contribution >= 4 is 5.97 Å². The minimum absolute atomic E-state index is 0.0404. The maximum absolute atomic E-state index is 11.8. The Kier molecular flexibility index (Phi) is 7.67. The maximum atomic E-state index is 11.8. The summed E-state index contributed by atoms with van der Waals surface area (Å²) in [5.41, 5.74) is 1.62. The third-order valence-electron chi connectivity index (χ3n) is 6.06. The maximum Gasteiger partial charge on any atom is 0.360 e. The van der Waals surface area contributed by atoms with Crippen LogP contribution in [0.1, 0.15) is 74.7 Å². The molecule has 1 saturated heterocycles. The fraction of sp³-hybridized carbons (Fsp3) is 0.583. The number of esters is 1. The monoisotopic (exact) mass is 415 g/mol. The lowest BCUT2D eigenvalue weighted by Gasteiger charge is -2.44. The molecule has 2 aliphatic rings. The predicted octanol–water partition coefficient (Wildman–Crippen LogP) is 5.07. The molecular formula is C24H33NO5. The van der Waals surface area contributed by atoms with E-state index < -0.39 is 5.97 Å². The second-order valence-corrected chi connectivity index (χ2v) is 7.65. The van der Waals surface area contributed by atoms with Crippen molar-refractivity contribution in [1.82, 2.24) is 5.16 Å². The summed E-state index contributed by atoms with van der Waals surface area (Å²) < 4.78 is 22.2. The molecular weight excluding hydrogens is 382 g/mol. The predicted molar refractivity (Wildman–Crippen MR) is 113 cm³/mol. The van der Waals surface area contributed by atoms with Crippen molar-refractivity contribution in [3.8, 4) is 0 Å². The quantitative estimate of drug-likeness (QED) is 0.614. The topological polar surface area (TPSA) is 70.8 Å². The Morgan fingerprint density at radius 1 is 1.07 bits per heavy atom. The van der Waals surface area contributed by atoms with Gasteiger partial charge in [0.1, 0.15) is 5.76 Å². The zero-order valence-corrected chi connectivity index (χ0v) is 18.3. The van der Waals surface area contributed by atoms with Gasteiger partial charge in [-0.05, 0) is 37.2 Å². The molecule has 0 unspecified atom stereocenters. The number of aromatic nitrogens is 1. The molecule has 0 bridgehead atoms. The molecule has 2 fully saturated rings. The van der Waals surface area contributed by atoms with Crippen LogP contribution in [-0.4, -0.2) is 36.7 Å². The highest BCUT2D eigenvalue weighted by atomic mass is 16.7. The van der Waals surface area contributed by atoms with Crippen molar-refractivity contribution in [2.24, 2.45) is 0 Å². The van der Waals surface area contributed by atoms with E-state index in [2.05, 4.69) is 29.4 Å². The summed E-state index contributed by atoms with van der Waals surface area (Å²) in [4.78, 5) is 11.8. The summed E-state index contributed by atoms with van der Waals surface area (Å²) in [6.07, 6.45) is 5.42. The Morgan fingerprint density at radius 3 is 2.37 bits per heavy atom. The van der Waals surface area contributed by atoms with Gasteiger partial charge in [-0.2, -0.15) is 0 Å². The third kappa shape index (κ3) is 4.93. The molecule has 0 amide bonds. The largest absolute Gasteiger partial charge is 0.461 e. The van der Waals surface area contributed by atoms with Crippen molar-refractivity contribution in [2.45, 2.75) is 70.5 Å². The number of carbonyl (C=O) groups is 1. The zero-order chi connectivity index (χ0) is 21.5. The highest BCUT2D eigenvalue weighted by Gasteiger charge is 2.46. The van der Waals surface area contributed by atoms with Crippen LogP contribution in [0.4, 0.5) is 0 Å². The van der Waals surface area contributed by atoms with E-state index in [4.69, 9.17) is 18.7 Å². The lowest BCUT2D eigenvalue weighted by molar-refractivity contribution is -0.185. The second-order valence-electron chi connectivity index (χ2n) is 7.65. The Balaban J connectivity index is 0.00000124. The van der Waals surface area contributed by atoms with Crippen LogP contribution >= 0.6 is 0 Å². The molecule has 0 atom stereocenters. The first-order chi connectivity index (χ1) is 14.6. The van der Waals surface area contributed by atoms with Gasteiger partial charge in [0.15, 0.2) is 11.5 Å². The van der Waals surface area contributed by atoms with Crippen molar-refractivity contribution in [1.29, 1.82) is 0 Å². The highest BCUT2D eigenvalue weighted by Crippen LogP contribution is 2.48. The lowest BCUT2D eigenvalue weighted by atomic mass is 9.65. The Hall–Kier alpha value is -2.18. The molecule has 164 valence electrons. The van der Waals surface area contributed by atoms with Crippen LogP contribution < -0.4 is 0 Å². The van der Waals surface area contributed by atoms with Crippen molar-refractivity contribution in [3.63, 3.8) is 0 Å². The van der Waals surface area contributed by atoms with E-state index >= 15 is 0 Å². The first-order valence-corrected chi connectivity index (χ1v) is 11.1. The van der Waals surface area contributed by atoms with Crippen LogP contribution in [0.15, 0.2) is 40.9 Å². The van der Waals surface area contributed by atoms with E-state index in [-0.39, 0.29) is 16.9 Å². The molecule has 1 aromatic carbocycles. The van der Waals surface area contributed by atoms with Crippen LogP contribution in [-0.2, 0) is 26.0 Å². The van der Waals surface area contributed by atoms with Gasteiger partial charge in [-0.1, -0.05) is 49.3 Å². The number of aryl methyl sites for hydroxylation is 1. The summed E-state index contributed by atoms with van der Waals surface area (Å²) in [6.45, 7) is 7.47. The minimum Gasteiger partial charge on any atom is -0.461 e. The van der Waals surface area contributed by atoms with Crippen LogP contribution in [0.2, 0.25) is 0 Å². The zero-order valence-electron chi connectivity index (χ0n) is 18.3. The summed E-state index contributed by atoms with van der Waals surface area (Å²) in [5.74, 6) is -0.112. The van der Waals surface area contributed by atoms with Crippen LogP contribution in [0, 0.1) is 0 Å². The molecule has 6 heteroatoms. The lowest BCUT2D eigenvalue weighted by Crippen LogP contribution is -2.42. The van der Waals surface area contributed by atoms with Gasteiger partial charge >= 0.3 is 5.97 Å². The van der Waals surface area contributed by atoms with E-state index in [1.807, 2.05) is 19.9 Å². The Labute approximate surface area is 178 Å². The standard InChI is InChI=1S/C22H27NO5.C2H6/c1-2-25-20(24)19-16-18(28-23-19)8-9-21(17-6-4-3-5-7-17)10-12-22(13-11-21)26-14-15-27-22;1-2/h3-7,16H,2,8-15H2,1H3;1-2H3. The number of carbonyl (C=O) groups excluding carboxylic acids is 1. The Morgan fingerprint density at radius 2 is 1.73 bits per heavy atom. The van der Waals surface area contributed by atoms with Crippen LogP contribution in [0.3, 0.4) is 0 Å². The molecule has 30 heavy (non-hydrogen) atoms. The molecule has 4 rings (SSSR count). The highest BCUT2D eigenvalue weighted by molar-refractivity contribution is 5.87. The average Bonchev–Trinajstić information content (AvgIpc) is 3.46. The summed E-state index contributed by atoms with van der Waals surface area (Å²) in [5, 5.41) is 3.86. The van der Waals surface area contributed by atoms with Gasteiger partial charge in [-0.15, -0.1) is 0 Å². The van der Waals surface area contributed by atoms with E-state index in [9.17, 15) is 4.79 Å². The van der Waals surface area contributed by atoms with E-state index in [1.54, 1.807) is 13.0 Å². The van der Waals surface area contributed by atoms with Gasteiger partial charge in [-0.25, -0.2) is 4.79 Å². The number of hydrogen-bond acceptors (Lipinski definition) is 6. The molecule has 1 spiro atoms. The third-order valence-corrected chi connectivity index (χ3v) is 6.06. The van der Waals surface area contributed by atoms with Gasteiger partial charge < -0.3 is 18.7 Å². The molecule has 6 nitrogen and oxygen atoms in total. The summed E-state index contributed by atoms with van der Waals surface area (Å²) >= 11 is 0. The minimum atomic E-state index is -0.439. The Bertz CT molecular complexity index is 785. The molecule has 2 aromatic rings. The summed E-state index contributed by atoms with van der Waals surface area (Å²) in [7, 11) is 0. The van der Waals surface area contributed by atoms with Gasteiger partial charge in [0.2, 0.25) is 0 Å². The van der Waals surface area contributed by atoms with Crippen molar-refractivity contribution < 1.29 is 23.5 Å². The van der Waals surface area contributed by atoms with Crippen LogP contribution in [0.5, 0.6) is 0 Å². The average molecular weight is 416 g/mol. The normalized spacial score (nSPS) is 19.2. The molecule has 2 heterocycles.